The number of hydrogen-bond donors (Lipinski definition) is 2. The fourth-order valence-corrected chi connectivity index (χ4v) is 1.59. The van der Waals surface area contributed by atoms with E-state index in [1.165, 1.54) is 0 Å². The molecule has 1 atom stereocenters. The number of aliphatic hydroxyl groups excluding tert-OH is 1. The predicted molar refractivity (Wildman–Crippen MR) is 50.3 cm³/mol. The number of aliphatic hydroxyl groups is 1. The SMILES string of the molecule is CN1C(CO)C(=O)NCCC1(C)C. The molecule has 1 saturated heterocycles. The van der Waals surface area contributed by atoms with Crippen molar-refractivity contribution in [3.63, 3.8) is 0 Å². The van der Waals surface area contributed by atoms with Crippen molar-refractivity contribution in [2.75, 3.05) is 20.2 Å². The summed E-state index contributed by atoms with van der Waals surface area (Å²) in [6, 6.07) is -0.405. The van der Waals surface area contributed by atoms with Gasteiger partial charge in [0.05, 0.1) is 6.61 Å². The third-order valence-electron chi connectivity index (χ3n) is 2.93. The van der Waals surface area contributed by atoms with Gasteiger partial charge in [-0.15, -0.1) is 0 Å². The summed E-state index contributed by atoms with van der Waals surface area (Å²) in [5.74, 6) is -0.0735. The fraction of sp³-hybridized carbons (Fsp3) is 0.889. The number of carbonyl (C=O) groups excluding carboxylic acids is 1. The molecule has 4 nitrogen and oxygen atoms in total. The molecule has 0 aliphatic carbocycles. The number of rotatable bonds is 1. The topological polar surface area (TPSA) is 52.6 Å². The van der Waals surface area contributed by atoms with Crippen molar-refractivity contribution in [2.24, 2.45) is 0 Å². The van der Waals surface area contributed by atoms with Crippen LogP contribution in [-0.4, -0.2) is 47.7 Å². The largest absolute Gasteiger partial charge is 0.394 e. The Labute approximate surface area is 78.9 Å². The van der Waals surface area contributed by atoms with E-state index in [1.54, 1.807) is 0 Å². The Hall–Kier alpha value is -0.610. The van der Waals surface area contributed by atoms with Gasteiger partial charge in [-0.2, -0.15) is 0 Å². The van der Waals surface area contributed by atoms with Gasteiger partial charge in [0.25, 0.3) is 0 Å². The summed E-state index contributed by atoms with van der Waals surface area (Å²) >= 11 is 0. The lowest BCUT2D eigenvalue weighted by Gasteiger charge is -2.36. The van der Waals surface area contributed by atoms with Gasteiger partial charge >= 0.3 is 0 Å². The summed E-state index contributed by atoms with van der Waals surface area (Å²) in [6.07, 6.45) is 0.908. The van der Waals surface area contributed by atoms with Crippen LogP contribution < -0.4 is 5.32 Å². The number of nitrogens with zero attached hydrogens (tertiary/aromatic N) is 1. The van der Waals surface area contributed by atoms with Crippen LogP contribution in [0.5, 0.6) is 0 Å². The average Bonchev–Trinajstić information content (AvgIpc) is 2.12. The molecule has 76 valence electrons. The molecule has 0 radical (unpaired) electrons. The zero-order chi connectivity index (χ0) is 10.1. The molecule has 0 aromatic rings. The number of hydrogen-bond acceptors (Lipinski definition) is 3. The molecule has 0 saturated carbocycles. The molecule has 1 fully saturated rings. The molecule has 1 aliphatic rings. The zero-order valence-corrected chi connectivity index (χ0v) is 8.50. The molecule has 0 spiro atoms. The second-order valence-corrected chi connectivity index (χ2v) is 4.16. The fourth-order valence-electron chi connectivity index (χ4n) is 1.59. The minimum Gasteiger partial charge on any atom is -0.394 e. The maximum Gasteiger partial charge on any atom is 0.239 e. The monoisotopic (exact) mass is 186 g/mol. The van der Waals surface area contributed by atoms with Crippen LogP contribution in [0.25, 0.3) is 0 Å². The Morgan fingerprint density at radius 3 is 2.85 bits per heavy atom. The highest BCUT2D eigenvalue weighted by Gasteiger charge is 2.35. The van der Waals surface area contributed by atoms with Crippen LogP contribution in [0.15, 0.2) is 0 Å². The van der Waals surface area contributed by atoms with E-state index in [0.717, 1.165) is 6.42 Å². The summed E-state index contributed by atoms with van der Waals surface area (Å²) in [4.78, 5) is 13.4. The summed E-state index contributed by atoms with van der Waals surface area (Å²) < 4.78 is 0. The lowest BCUT2D eigenvalue weighted by atomic mass is 9.98. The standard InChI is InChI=1S/C9H18N2O2/c1-9(2)4-5-10-8(13)7(6-12)11(9)3/h7,12H,4-6H2,1-3H3,(H,10,13). The zero-order valence-electron chi connectivity index (χ0n) is 8.50. The number of likely N-dealkylation sites (N-methyl/N-ethyl adjacent to an activating group) is 1. The van der Waals surface area contributed by atoms with Crippen LogP contribution in [-0.2, 0) is 4.79 Å². The maximum absolute atomic E-state index is 11.4. The van der Waals surface area contributed by atoms with Gasteiger partial charge in [0.1, 0.15) is 6.04 Å². The minimum absolute atomic E-state index is 0.0352. The van der Waals surface area contributed by atoms with Crippen LogP contribution in [0.1, 0.15) is 20.3 Å². The van der Waals surface area contributed by atoms with Crippen molar-refractivity contribution in [3.8, 4) is 0 Å². The van der Waals surface area contributed by atoms with Gasteiger partial charge in [0, 0.05) is 12.1 Å². The average molecular weight is 186 g/mol. The van der Waals surface area contributed by atoms with E-state index in [-0.39, 0.29) is 18.1 Å². The molecule has 1 unspecified atom stereocenters. The first kappa shape index (κ1) is 10.5. The normalized spacial score (nSPS) is 29.5. The van der Waals surface area contributed by atoms with E-state index < -0.39 is 6.04 Å². The molecule has 1 aliphatic heterocycles. The van der Waals surface area contributed by atoms with Crippen LogP contribution in [0.4, 0.5) is 0 Å². The summed E-state index contributed by atoms with van der Waals surface area (Å²) in [6.45, 7) is 4.73. The van der Waals surface area contributed by atoms with Gasteiger partial charge in [-0.1, -0.05) is 0 Å². The van der Waals surface area contributed by atoms with Crippen LogP contribution >= 0.6 is 0 Å². The molecule has 1 amide bonds. The third kappa shape index (κ3) is 2.00. The molecular weight excluding hydrogens is 168 g/mol. The number of carbonyl (C=O) groups is 1. The third-order valence-corrected chi connectivity index (χ3v) is 2.93. The highest BCUT2D eigenvalue weighted by molar-refractivity contribution is 5.82. The lowest BCUT2D eigenvalue weighted by Crippen LogP contribution is -2.51. The second-order valence-electron chi connectivity index (χ2n) is 4.16. The second kappa shape index (κ2) is 3.64. The Morgan fingerprint density at radius 2 is 2.31 bits per heavy atom. The van der Waals surface area contributed by atoms with Crippen molar-refractivity contribution in [3.05, 3.63) is 0 Å². The van der Waals surface area contributed by atoms with Crippen LogP contribution in [0.3, 0.4) is 0 Å². The van der Waals surface area contributed by atoms with Gasteiger partial charge in [0.15, 0.2) is 0 Å². The molecule has 1 rings (SSSR count). The van der Waals surface area contributed by atoms with Crippen molar-refractivity contribution in [2.45, 2.75) is 31.8 Å². The maximum atomic E-state index is 11.4. The van der Waals surface area contributed by atoms with Crippen molar-refractivity contribution < 1.29 is 9.90 Å². The lowest BCUT2D eigenvalue weighted by molar-refractivity contribution is -0.127. The van der Waals surface area contributed by atoms with Gasteiger partial charge in [-0.3, -0.25) is 9.69 Å². The molecule has 1 heterocycles. The quantitative estimate of drug-likeness (QED) is 0.584. The van der Waals surface area contributed by atoms with E-state index in [0.29, 0.717) is 6.54 Å². The van der Waals surface area contributed by atoms with E-state index in [4.69, 9.17) is 5.11 Å². The van der Waals surface area contributed by atoms with Crippen molar-refractivity contribution in [1.82, 2.24) is 10.2 Å². The Morgan fingerprint density at radius 1 is 1.69 bits per heavy atom. The molecule has 4 heteroatoms. The van der Waals surface area contributed by atoms with Crippen LogP contribution in [0.2, 0.25) is 0 Å². The van der Waals surface area contributed by atoms with E-state index in [9.17, 15) is 4.79 Å². The summed E-state index contributed by atoms with van der Waals surface area (Å²) in [7, 11) is 1.88. The molecular formula is C9H18N2O2. The van der Waals surface area contributed by atoms with E-state index in [1.807, 2.05) is 11.9 Å². The smallest absolute Gasteiger partial charge is 0.239 e. The van der Waals surface area contributed by atoms with Gasteiger partial charge < -0.3 is 10.4 Å². The molecule has 0 aromatic carbocycles. The Kier molecular flexibility index (Phi) is 2.93. The van der Waals surface area contributed by atoms with Gasteiger partial charge in [-0.05, 0) is 27.3 Å². The molecule has 0 bridgehead atoms. The highest BCUT2D eigenvalue weighted by Crippen LogP contribution is 2.21. The van der Waals surface area contributed by atoms with Gasteiger partial charge in [0.2, 0.25) is 5.91 Å². The van der Waals surface area contributed by atoms with E-state index in [2.05, 4.69) is 19.2 Å². The predicted octanol–water partition coefficient (Wildman–Crippen LogP) is -0.422. The Bertz CT molecular complexity index is 204. The first-order valence-electron chi connectivity index (χ1n) is 4.60. The Balaban J connectivity index is 2.84. The summed E-state index contributed by atoms with van der Waals surface area (Å²) in [5.41, 5.74) is -0.0352. The highest BCUT2D eigenvalue weighted by atomic mass is 16.3. The summed E-state index contributed by atoms with van der Waals surface area (Å²) in [5, 5.41) is 11.9. The minimum atomic E-state index is -0.405. The molecule has 13 heavy (non-hydrogen) atoms. The van der Waals surface area contributed by atoms with Crippen LogP contribution in [0, 0.1) is 0 Å². The first-order chi connectivity index (χ1) is 5.99. The van der Waals surface area contributed by atoms with Crippen molar-refractivity contribution >= 4 is 5.91 Å². The first-order valence-corrected chi connectivity index (χ1v) is 4.60. The van der Waals surface area contributed by atoms with Gasteiger partial charge in [-0.25, -0.2) is 0 Å². The molecule has 2 N–H and O–H groups in total. The van der Waals surface area contributed by atoms with Crippen molar-refractivity contribution in [1.29, 1.82) is 0 Å². The number of nitrogens with one attached hydrogen (secondary N) is 1. The van der Waals surface area contributed by atoms with E-state index >= 15 is 0 Å². The molecule has 0 aromatic heterocycles. The number of amides is 1.